The summed E-state index contributed by atoms with van der Waals surface area (Å²) in [7, 11) is 0. The molecule has 0 saturated heterocycles. The molecule has 0 radical (unpaired) electrons. The third kappa shape index (κ3) is 8.95. The van der Waals surface area contributed by atoms with Crippen molar-refractivity contribution >= 4 is 6.03 Å². The summed E-state index contributed by atoms with van der Waals surface area (Å²) >= 11 is 0. The van der Waals surface area contributed by atoms with E-state index in [0.29, 0.717) is 18.2 Å². The highest BCUT2D eigenvalue weighted by Gasteiger charge is 2.45. The van der Waals surface area contributed by atoms with Crippen molar-refractivity contribution in [1.29, 1.82) is 0 Å². The number of rotatable bonds is 11. The molecule has 0 aliphatic carbocycles. The first-order valence-corrected chi connectivity index (χ1v) is 12.6. The van der Waals surface area contributed by atoms with Gasteiger partial charge in [-0.05, 0) is 47.4 Å². The number of carbonyl (C=O) groups is 1. The number of halogens is 12. The van der Waals surface area contributed by atoms with Crippen LogP contribution in [0, 0.1) is 11.6 Å². The number of ether oxygens (including phenoxy) is 1. The lowest BCUT2D eigenvalue weighted by atomic mass is 9.77. The zero-order valence-electron chi connectivity index (χ0n) is 22.4. The maximum Gasteiger partial charge on any atom is 0.461 e. The molecule has 0 aromatic heterocycles. The van der Waals surface area contributed by atoms with Crippen molar-refractivity contribution in [2.75, 3.05) is 6.54 Å². The summed E-state index contributed by atoms with van der Waals surface area (Å²) < 4.78 is 166. The van der Waals surface area contributed by atoms with Crippen LogP contribution in [-0.2, 0) is 18.1 Å². The van der Waals surface area contributed by atoms with Crippen LogP contribution in [-0.4, -0.2) is 42.5 Å². The number of alkyl halides is 10. The molecule has 3 aromatic rings. The third-order valence-electron chi connectivity index (χ3n) is 6.36. The largest absolute Gasteiger partial charge is 0.461 e. The fourth-order valence-electron chi connectivity index (χ4n) is 4.26. The molecule has 0 heterocycles. The molecule has 0 spiro atoms. The van der Waals surface area contributed by atoms with Gasteiger partial charge in [-0.2, -0.15) is 43.9 Å². The van der Waals surface area contributed by atoms with Gasteiger partial charge in [0.05, 0.1) is 11.1 Å². The van der Waals surface area contributed by atoms with Gasteiger partial charge in [-0.25, -0.2) is 13.6 Å². The van der Waals surface area contributed by atoms with Gasteiger partial charge < -0.3 is 20.5 Å². The van der Waals surface area contributed by atoms with E-state index in [2.05, 4.69) is 10.1 Å². The van der Waals surface area contributed by atoms with Crippen molar-refractivity contribution in [3.63, 3.8) is 0 Å². The number of hydrogen-bond donors (Lipinski definition) is 3. The monoisotopic (exact) mass is 662 g/mol. The summed E-state index contributed by atoms with van der Waals surface area (Å²) in [6.07, 6.45) is -24.5. The van der Waals surface area contributed by atoms with E-state index in [1.807, 2.05) is 5.32 Å². The Kier molecular flexibility index (Phi) is 10.6. The number of benzene rings is 3. The predicted molar refractivity (Wildman–Crippen MR) is 134 cm³/mol. The number of urea groups is 1. The molecular weight excluding hydrogens is 640 g/mol. The lowest BCUT2D eigenvalue weighted by Crippen LogP contribution is -2.52. The Labute approximate surface area is 246 Å². The van der Waals surface area contributed by atoms with E-state index < -0.39 is 96.0 Å². The predicted octanol–water partition coefficient (Wildman–Crippen LogP) is 7.32. The molecule has 246 valence electrons. The van der Waals surface area contributed by atoms with Crippen molar-refractivity contribution in [1.82, 2.24) is 10.6 Å². The van der Waals surface area contributed by atoms with Gasteiger partial charge in [0, 0.05) is 19.0 Å². The molecule has 0 aliphatic heterocycles. The lowest BCUT2D eigenvalue weighted by Gasteiger charge is -2.37. The number of aliphatic hydroxyl groups excluding tert-OH is 1. The van der Waals surface area contributed by atoms with Crippen molar-refractivity contribution in [2.24, 2.45) is 0 Å². The van der Waals surface area contributed by atoms with Crippen molar-refractivity contribution in [2.45, 2.75) is 49.4 Å². The molecule has 0 saturated carbocycles. The summed E-state index contributed by atoms with van der Waals surface area (Å²) in [6, 6.07) is 8.35. The van der Waals surface area contributed by atoms with E-state index >= 15 is 0 Å². The highest BCUT2D eigenvalue weighted by molar-refractivity contribution is 5.76. The zero-order valence-corrected chi connectivity index (χ0v) is 22.4. The first-order valence-electron chi connectivity index (χ1n) is 12.6. The zero-order chi connectivity index (χ0) is 33.8. The summed E-state index contributed by atoms with van der Waals surface area (Å²) in [5.41, 5.74) is -5.47. The van der Waals surface area contributed by atoms with Gasteiger partial charge in [0.15, 0.2) is 6.10 Å². The van der Waals surface area contributed by atoms with Crippen LogP contribution in [0.25, 0.3) is 0 Å². The van der Waals surface area contributed by atoms with Crippen LogP contribution in [0.15, 0.2) is 66.7 Å². The molecule has 3 aromatic carbocycles. The first kappa shape index (κ1) is 35.3. The maximum atomic E-state index is 14.8. The minimum atomic E-state index is -5.33. The second-order valence-electron chi connectivity index (χ2n) is 9.63. The van der Waals surface area contributed by atoms with E-state index in [1.54, 1.807) is 0 Å². The quantitative estimate of drug-likeness (QED) is 0.189. The number of nitrogens with one attached hydrogen (secondary N) is 2. The van der Waals surface area contributed by atoms with Crippen molar-refractivity contribution in [3.05, 3.63) is 101 Å². The minimum Gasteiger partial charge on any atom is -0.428 e. The minimum absolute atomic E-state index is 0.188. The fourth-order valence-corrected chi connectivity index (χ4v) is 4.26. The molecule has 2 unspecified atom stereocenters. The normalized spacial score (nSPS) is 14.5. The summed E-state index contributed by atoms with van der Waals surface area (Å²) in [4.78, 5) is 13.0. The Morgan fingerprint density at radius 3 is 2.07 bits per heavy atom. The number of carbonyl (C=O) groups excluding carboxylic acids is 1. The Hall–Kier alpha value is -4.15. The Bertz CT molecular complexity index is 1470. The average Bonchev–Trinajstić information content (AvgIpc) is 2.91. The summed E-state index contributed by atoms with van der Waals surface area (Å²) in [5.74, 6) is -4.47. The van der Waals surface area contributed by atoms with Gasteiger partial charge in [-0.1, -0.05) is 36.4 Å². The standard InChI is InChI=1S/C28H22F12N2O3/c29-18-10-17(11-19(13-18)45-28(39,40)23(31)32)25(14-15-4-2-1-3-5-15,16-6-7-21(30)20(12-16)26(33,34)35)42-24(44)41-9-8-22(43)27(36,37)38/h1-7,10-13,22-23,43H,8-9,14H2,(H2,41,42,44). The Balaban J connectivity index is 2.25. The van der Waals surface area contributed by atoms with Crippen molar-refractivity contribution < 1.29 is 67.3 Å². The SMILES string of the molecule is O=C(NCCC(O)C(F)(F)F)NC(Cc1ccccc1)(c1cc(F)cc(OC(F)(F)C(F)F)c1)c1ccc(F)c(C(F)(F)F)c1. The number of hydrogen-bond acceptors (Lipinski definition) is 3. The van der Waals surface area contributed by atoms with E-state index in [9.17, 15) is 62.6 Å². The first-order chi connectivity index (χ1) is 20.7. The molecule has 0 aliphatic rings. The van der Waals surface area contributed by atoms with Crippen LogP contribution in [0.2, 0.25) is 0 Å². The van der Waals surface area contributed by atoms with Crippen LogP contribution >= 0.6 is 0 Å². The van der Waals surface area contributed by atoms with Crippen LogP contribution < -0.4 is 15.4 Å². The smallest absolute Gasteiger partial charge is 0.428 e. The highest BCUT2D eigenvalue weighted by Crippen LogP contribution is 2.40. The Morgan fingerprint density at radius 2 is 1.49 bits per heavy atom. The van der Waals surface area contributed by atoms with Crippen LogP contribution in [0.4, 0.5) is 57.5 Å². The molecule has 0 bridgehead atoms. The second-order valence-corrected chi connectivity index (χ2v) is 9.63. The molecule has 17 heteroatoms. The van der Waals surface area contributed by atoms with E-state index in [1.165, 1.54) is 30.3 Å². The van der Waals surface area contributed by atoms with Crippen LogP contribution in [0.3, 0.4) is 0 Å². The van der Waals surface area contributed by atoms with Gasteiger partial charge in [0.2, 0.25) is 0 Å². The Morgan fingerprint density at radius 1 is 0.844 bits per heavy atom. The highest BCUT2D eigenvalue weighted by atomic mass is 19.4. The molecule has 2 amide bonds. The van der Waals surface area contributed by atoms with Gasteiger partial charge in [0.1, 0.15) is 17.4 Å². The van der Waals surface area contributed by atoms with Crippen LogP contribution in [0.5, 0.6) is 5.75 Å². The van der Waals surface area contributed by atoms with Gasteiger partial charge >= 0.3 is 30.9 Å². The van der Waals surface area contributed by atoms with Gasteiger partial charge in [-0.15, -0.1) is 0 Å². The summed E-state index contributed by atoms with van der Waals surface area (Å²) in [6.45, 7) is -0.858. The average molecular weight is 662 g/mol. The van der Waals surface area contributed by atoms with Gasteiger partial charge in [0.25, 0.3) is 0 Å². The second kappa shape index (κ2) is 13.5. The van der Waals surface area contributed by atoms with Crippen LogP contribution in [0.1, 0.15) is 28.7 Å². The molecule has 45 heavy (non-hydrogen) atoms. The van der Waals surface area contributed by atoms with Gasteiger partial charge in [-0.3, -0.25) is 0 Å². The van der Waals surface area contributed by atoms with E-state index in [-0.39, 0.29) is 17.7 Å². The summed E-state index contributed by atoms with van der Waals surface area (Å²) in [5, 5.41) is 13.4. The number of aliphatic hydroxyl groups is 1. The topological polar surface area (TPSA) is 70.6 Å². The molecule has 2 atom stereocenters. The van der Waals surface area contributed by atoms with Crippen molar-refractivity contribution in [3.8, 4) is 5.75 Å². The maximum absolute atomic E-state index is 14.8. The van der Waals surface area contributed by atoms with E-state index in [0.717, 1.165) is 6.07 Å². The molecule has 0 fully saturated rings. The fraction of sp³-hybridized carbons (Fsp3) is 0.321. The molecule has 3 rings (SSSR count). The third-order valence-corrected chi connectivity index (χ3v) is 6.36. The number of amides is 2. The molecule has 3 N–H and O–H groups in total. The van der Waals surface area contributed by atoms with E-state index in [4.69, 9.17) is 0 Å². The lowest BCUT2D eigenvalue weighted by molar-refractivity contribution is -0.253. The molecular formula is C28H22F12N2O3. The molecule has 5 nitrogen and oxygen atoms in total.